The van der Waals surface area contributed by atoms with Crippen LogP contribution in [0.25, 0.3) is 0 Å². The molecule has 1 fully saturated rings. The van der Waals surface area contributed by atoms with Crippen LogP contribution in [-0.2, 0) is 0 Å². The van der Waals surface area contributed by atoms with Gasteiger partial charge in [-0.2, -0.15) is 0 Å². The second-order valence-corrected chi connectivity index (χ2v) is 4.73. The lowest BCUT2D eigenvalue weighted by atomic mass is 10.3. The molecule has 3 heterocycles. The molecule has 0 radical (unpaired) electrons. The third kappa shape index (κ3) is 2.06. The summed E-state index contributed by atoms with van der Waals surface area (Å²) in [5, 5.41) is 0. The predicted molar refractivity (Wildman–Crippen MR) is 78.2 cm³/mol. The van der Waals surface area contributed by atoms with Crippen molar-refractivity contribution >= 4 is 42.3 Å². The Hall–Kier alpha value is -0.680. The molecule has 0 saturated carbocycles. The molecule has 0 spiro atoms. The first-order valence-corrected chi connectivity index (χ1v) is 6.03. The Labute approximate surface area is 117 Å². The van der Waals surface area contributed by atoms with Crippen LogP contribution in [0.4, 0.5) is 5.69 Å². The molecule has 2 aliphatic heterocycles. The van der Waals surface area contributed by atoms with E-state index in [-0.39, 0.29) is 24.8 Å². The van der Waals surface area contributed by atoms with Crippen LogP contribution in [0, 0.1) is 0 Å². The van der Waals surface area contributed by atoms with Crippen molar-refractivity contribution in [2.75, 3.05) is 11.6 Å². The van der Waals surface area contributed by atoms with Gasteiger partial charge < -0.3 is 5.73 Å². The number of thioether (sulfide) groups is 1. The Bertz CT molecular complexity index is 461. The highest BCUT2D eigenvalue weighted by molar-refractivity contribution is 7.99. The summed E-state index contributed by atoms with van der Waals surface area (Å²) in [6.45, 7) is 0. The molecule has 1 atom stereocenters. The van der Waals surface area contributed by atoms with E-state index < -0.39 is 0 Å². The molecule has 2 N–H and O–H groups in total. The summed E-state index contributed by atoms with van der Waals surface area (Å²) >= 11 is 1.92. The molecule has 1 aromatic rings. The number of hydrogen-bond donors (Lipinski definition) is 1. The molecule has 2 aliphatic rings. The number of nitrogens with zero attached hydrogens (tertiary/aromatic N) is 2. The second kappa shape index (κ2) is 5.31. The molecule has 0 amide bonds. The van der Waals surface area contributed by atoms with Crippen molar-refractivity contribution in [2.24, 2.45) is 5.73 Å². The number of quaternary nitrogens is 1. The molecule has 1 aromatic heterocycles. The van der Waals surface area contributed by atoms with Gasteiger partial charge in [0.25, 0.3) is 0 Å². The first-order valence-electron chi connectivity index (χ1n) is 4.87. The summed E-state index contributed by atoms with van der Waals surface area (Å²) in [7, 11) is 0. The Kier molecular flexibility index (Phi) is 4.49. The Morgan fingerprint density at radius 1 is 1.35 bits per heavy atom. The van der Waals surface area contributed by atoms with Gasteiger partial charge in [-0.3, -0.25) is 4.98 Å². The van der Waals surface area contributed by atoms with E-state index in [9.17, 15) is 0 Å². The summed E-state index contributed by atoms with van der Waals surface area (Å²) in [4.78, 5) is 4.19. The number of hydrogen-bond acceptors (Lipinski definition) is 3. The highest BCUT2D eigenvalue weighted by Gasteiger charge is 2.43. The van der Waals surface area contributed by atoms with E-state index >= 15 is 0 Å². The number of rotatable bonds is 1. The maximum Gasteiger partial charge on any atom is 0.161 e. The molecule has 17 heavy (non-hydrogen) atoms. The third-order valence-corrected chi connectivity index (χ3v) is 4.03. The minimum absolute atomic E-state index is 0. The maximum atomic E-state index is 5.99. The number of pyridine rings is 1. The van der Waals surface area contributed by atoms with E-state index in [1.807, 2.05) is 30.1 Å². The van der Waals surface area contributed by atoms with Crippen LogP contribution in [-0.4, -0.2) is 16.6 Å². The van der Waals surface area contributed by atoms with E-state index in [1.54, 1.807) is 6.20 Å². The van der Waals surface area contributed by atoms with Gasteiger partial charge in [0, 0.05) is 18.3 Å². The monoisotopic (exact) mass is 290 g/mol. The smallest absolute Gasteiger partial charge is 0.161 e. The Morgan fingerprint density at radius 3 is 2.88 bits per heavy atom. The summed E-state index contributed by atoms with van der Waals surface area (Å²) in [6, 6.07) is 4.09. The number of nitrogens with two attached hydrogens (primary N) is 1. The van der Waals surface area contributed by atoms with Crippen molar-refractivity contribution < 1.29 is 0 Å². The van der Waals surface area contributed by atoms with Gasteiger partial charge in [0.05, 0.1) is 17.6 Å². The quantitative estimate of drug-likeness (QED) is 0.808. The van der Waals surface area contributed by atoms with Gasteiger partial charge in [-0.1, -0.05) is 11.8 Å². The molecule has 3 nitrogen and oxygen atoms in total. The molecule has 92 valence electrons. The molecule has 0 aromatic carbocycles. The SMILES string of the molecule is Cl.Cl.NC1=C2CSC[N+]2(c2cccnc2)C=C1. The highest BCUT2D eigenvalue weighted by atomic mass is 35.5. The number of allylic oxidation sites excluding steroid dienone is 1. The van der Waals surface area contributed by atoms with E-state index in [1.165, 1.54) is 11.4 Å². The minimum Gasteiger partial charge on any atom is -0.394 e. The van der Waals surface area contributed by atoms with E-state index in [4.69, 9.17) is 5.73 Å². The lowest BCUT2D eigenvalue weighted by molar-refractivity contribution is 0.553. The standard InChI is InChI=1S/C11H12N3S.2ClH/c12-10-3-5-14(8-15-7-11(10)14)9-2-1-4-13-6-9;;/h1-6H,7-8,12H2;2*1H/q+1;;. The first kappa shape index (κ1) is 14.4. The molecule has 1 saturated heterocycles. The molecule has 0 aliphatic carbocycles. The average molecular weight is 291 g/mol. The predicted octanol–water partition coefficient (Wildman–Crippen LogP) is 2.63. The van der Waals surface area contributed by atoms with Crippen LogP contribution in [0.2, 0.25) is 0 Å². The largest absolute Gasteiger partial charge is 0.394 e. The molecular weight excluding hydrogens is 277 g/mol. The second-order valence-electron chi connectivity index (χ2n) is 3.78. The summed E-state index contributed by atoms with van der Waals surface area (Å²) in [6.07, 6.45) is 7.91. The molecular formula is C11H14Cl2N3S+. The van der Waals surface area contributed by atoms with Crippen molar-refractivity contribution in [3.63, 3.8) is 0 Å². The van der Waals surface area contributed by atoms with Gasteiger partial charge >= 0.3 is 0 Å². The van der Waals surface area contributed by atoms with E-state index in [0.717, 1.165) is 21.8 Å². The molecule has 1 unspecified atom stereocenters. The molecule has 3 rings (SSSR count). The summed E-state index contributed by atoms with van der Waals surface area (Å²) < 4.78 is 0.768. The van der Waals surface area contributed by atoms with Crippen molar-refractivity contribution in [2.45, 2.75) is 0 Å². The lowest BCUT2D eigenvalue weighted by Gasteiger charge is -2.26. The van der Waals surface area contributed by atoms with Crippen LogP contribution in [0.1, 0.15) is 0 Å². The summed E-state index contributed by atoms with van der Waals surface area (Å²) in [5.41, 5.74) is 9.41. The van der Waals surface area contributed by atoms with Gasteiger partial charge in [-0.05, 0) is 6.07 Å². The molecule has 0 bridgehead atoms. The fourth-order valence-electron chi connectivity index (χ4n) is 2.14. The normalized spacial score (nSPS) is 25.2. The number of fused-ring (bicyclic) bond motifs is 1. The zero-order valence-corrected chi connectivity index (χ0v) is 11.5. The van der Waals surface area contributed by atoms with Gasteiger partial charge in [0.2, 0.25) is 0 Å². The topological polar surface area (TPSA) is 38.9 Å². The lowest BCUT2D eigenvalue weighted by Crippen LogP contribution is -2.37. The van der Waals surface area contributed by atoms with Crippen molar-refractivity contribution in [3.05, 3.63) is 48.2 Å². The fourth-order valence-corrected chi connectivity index (χ4v) is 3.50. The highest BCUT2D eigenvalue weighted by Crippen LogP contribution is 2.42. The number of aromatic nitrogens is 1. The van der Waals surface area contributed by atoms with Crippen molar-refractivity contribution in [1.29, 1.82) is 0 Å². The summed E-state index contributed by atoms with van der Waals surface area (Å²) in [5.74, 6) is 2.05. The van der Waals surface area contributed by atoms with Crippen LogP contribution in [0.3, 0.4) is 0 Å². The van der Waals surface area contributed by atoms with Crippen molar-refractivity contribution in [1.82, 2.24) is 9.47 Å². The van der Waals surface area contributed by atoms with Gasteiger partial charge in [-0.15, -0.1) is 24.8 Å². The van der Waals surface area contributed by atoms with Crippen LogP contribution >= 0.6 is 36.6 Å². The average Bonchev–Trinajstić information content (AvgIpc) is 2.83. The van der Waals surface area contributed by atoms with Gasteiger partial charge in [0.1, 0.15) is 12.1 Å². The number of halogens is 2. The van der Waals surface area contributed by atoms with E-state index in [0.29, 0.717) is 0 Å². The third-order valence-electron chi connectivity index (χ3n) is 2.96. The van der Waals surface area contributed by atoms with Gasteiger partial charge in [-0.25, -0.2) is 4.48 Å². The Morgan fingerprint density at radius 2 is 2.18 bits per heavy atom. The first-order chi connectivity index (χ1) is 7.33. The van der Waals surface area contributed by atoms with Gasteiger partial charge in [0.15, 0.2) is 11.4 Å². The minimum atomic E-state index is 0. The van der Waals surface area contributed by atoms with Crippen LogP contribution < -0.4 is 10.2 Å². The van der Waals surface area contributed by atoms with Crippen molar-refractivity contribution in [3.8, 4) is 0 Å². The molecule has 6 heteroatoms. The van der Waals surface area contributed by atoms with Crippen LogP contribution in [0.15, 0.2) is 48.2 Å². The zero-order valence-electron chi connectivity index (χ0n) is 9.07. The van der Waals surface area contributed by atoms with Crippen LogP contribution in [0.5, 0.6) is 0 Å². The Balaban J connectivity index is 0.000000722. The fraction of sp³-hybridized carbons (Fsp3) is 0.182. The van der Waals surface area contributed by atoms with E-state index in [2.05, 4.69) is 17.3 Å². The zero-order chi connectivity index (χ0) is 10.3. The maximum absolute atomic E-state index is 5.99.